The minimum absolute atomic E-state index is 0.137. The van der Waals surface area contributed by atoms with Crippen molar-refractivity contribution in [3.63, 3.8) is 0 Å². The maximum Gasteiger partial charge on any atom is 0.253 e. The number of hydrogen-bond donors (Lipinski definition) is 1. The van der Waals surface area contributed by atoms with Gasteiger partial charge in [-0.05, 0) is 36.4 Å². The molecule has 1 amide bonds. The van der Waals surface area contributed by atoms with E-state index in [1.54, 1.807) is 29.7 Å². The van der Waals surface area contributed by atoms with Crippen LogP contribution in [0.25, 0.3) is 5.69 Å². The van der Waals surface area contributed by atoms with Crippen LogP contribution in [-0.4, -0.2) is 42.6 Å². The van der Waals surface area contributed by atoms with E-state index in [-0.39, 0.29) is 10.8 Å². The first-order valence-corrected chi connectivity index (χ1v) is 10.3. The smallest absolute Gasteiger partial charge is 0.253 e. The molecule has 8 heteroatoms. The standard InChI is InChI=1S/C20H22N4O3S/c1-3-22-28(26,27)19-11-9-17(10-12-19)20(25)23(2)14-16-13-21-24(15-16)18-7-5-4-6-8-18/h4-13,15,22H,3,14H2,1-2H3. The lowest BCUT2D eigenvalue weighted by molar-refractivity contribution is 0.0785. The molecule has 0 aliphatic rings. The predicted octanol–water partition coefficient (Wildman–Crippen LogP) is 2.44. The molecule has 146 valence electrons. The van der Waals surface area contributed by atoms with Gasteiger partial charge in [0, 0.05) is 37.5 Å². The van der Waals surface area contributed by atoms with Crippen LogP contribution in [-0.2, 0) is 16.6 Å². The molecule has 3 rings (SSSR count). The average Bonchev–Trinajstić information content (AvgIpc) is 3.16. The number of para-hydroxylation sites is 1. The third-order valence-corrected chi connectivity index (χ3v) is 5.73. The molecule has 0 atom stereocenters. The molecule has 0 saturated heterocycles. The van der Waals surface area contributed by atoms with Crippen molar-refractivity contribution in [2.75, 3.05) is 13.6 Å². The fraction of sp³-hybridized carbons (Fsp3) is 0.200. The van der Waals surface area contributed by atoms with Gasteiger partial charge in [0.15, 0.2) is 0 Å². The molecule has 7 nitrogen and oxygen atoms in total. The predicted molar refractivity (Wildman–Crippen MR) is 107 cm³/mol. The minimum Gasteiger partial charge on any atom is -0.337 e. The Morgan fingerprint density at radius 1 is 1.11 bits per heavy atom. The summed E-state index contributed by atoms with van der Waals surface area (Å²) in [7, 11) is -1.83. The number of sulfonamides is 1. The summed E-state index contributed by atoms with van der Waals surface area (Å²) < 4.78 is 28.2. The van der Waals surface area contributed by atoms with E-state index in [0.717, 1.165) is 11.3 Å². The summed E-state index contributed by atoms with van der Waals surface area (Å²) >= 11 is 0. The Kier molecular flexibility index (Phi) is 5.91. The molecule has 0 fully saturated rings. The van der Waals surface area contributed by atoms with Crippen molar-refractivity contribution in [1.29, 1.82) is 0 Å². The van der Waals surface area contributed by atoms with Gasteiger partial charge >= 0.3 is 0 Å². The molecule has 0 spiro atoms. The van der Waals surface area contributed by atoms with Crippen molar-refractivity contribution in [3.8, 4) is 5.69 Å². The molecule has 0 saturated carbocycles. The summed E-state index contributed by atoms with van der Waals surface area (Å²) in [5, 5.41) is 4.33. The summed E-state index contributed by atoms with van der Waals surface area (Å²) in [5.74, 6) is -0.195. The monoisotopic (exact) mass is 398 g/mol. The Labute approximate surface area is 164 Å². The van der Waals surface area contributed by atoms with Crippen LogP contribution in [0.5, 0.6) is 0 Å². The van der Waals surface area contributed by atoms with Crippen LogP contribution < -0.4 is 4.72 Å². The van der Waals surface area contributed by atoms with Gasteiger partial charge in [-0.15, -0.1) is 0 Å². The maximum absolute atomic E-state index is 12.6. The fourth-order valence-corrected chi connectivity index (χ4v) is 3.82. The highest BCUT2D eigenvalue weighted by Gasteiger charge is 2.16. The van der Waals surface area contributed by atoms with E-state index >= 15 is 0 Å². The lowest BCUT2D eigenvalue weighted by Gasteiger charge is -2.16. The van der Waals surface area contributed by atoms with Crippen molar-refractivity contribution >= 4 is 15.9 Å². The molecule has 0 bridgehead atoms. The van der Waals surface area contributed by atoms with Gasteiger partial charge < -0.3 is 4.90 Å². The number of carbonyl (C=O) groups is 1. The van der Waals surface area contributed by atoms with Crippen LogP contribution in [0.2, 0.25) is 0 Å². The van der Waals surface area contributed by atoms with Gasteiger partial charge in [0.05, 0.1) is 16.8 Å². The summed E-state index contributed by atoms with van der Waals surface area (Å²) in [5.41, 5.74) is 2.26. The highest BCUT2D eigenvalue weighted by atomic mass is 32.2. The van der Waals surface area contributed by atoms with Crippen LogP contribution in [0.15, 0.2) is 71.9 Å². The van der Waals surface area contributed by atoms with Gasteiger partial charge in [-0.1, -0.05) is 25.1 Å². The highest BCUT2D eigenvalue weighted by Crippen LogP contribution is 2.14. The quantitative estimate of drug-likeness (QED) is 0.663. The minimum atomic E-state index is -3.53. The zero-order valence-electron chi connectivity index (χ0n) is 15.7. The Balaban J connectivity index is 1.69. The highest BCUT2D eigenvalue weighted by molar-refractivity contribution is 7.89. The van der Waals surface area contributed by atoms with Crippen LogP contribution in [0.1, 0.15) is 22.8 Å². The summed E-state index contributed by atoms with van der Waals surface area (Å²) in [4.78, 5) is 14.4. The molecule has 0 aliphatic carbocycles. The lowest BCUT2D eigenvalue weighted by Crippen LogP contribution is -2.26. The molecule has 1 N–H and O–H groups in total. The van der Waals surface area contributed by atoms with Crippen LogP contribution in [0.3, 0.4) is 0 Å². The second kappa shape index (κ2) is 8.37. The number of nitrogens with one attached hydrogen (secondary N) is 1. The van der Waals surface area contributed by atoms with Gasteiger partial charge in [0.1, 0.15) is 0 Å². The van der Waals surface area contributed by atoms with Gasteiger partial charge in [-0.2, -0.15) is 5.10 Å². The number of carbonyl (C=O) groups excluding carboxylic acids is 1. The molecule has 3 aromatic rings. The van der Waals surface area contributed by atoms with Crippen LogP contribution >= 0.6 is 0 Å². The largest absolute Gasteiger partial charge is 0.337 e. The second-order valence-electron chi connectivity index (χ2n) is 6.32. The number of nitrogens with zero attached hydrogens (tertiary/aromatic N) is 3. The SMILES string of the molecule is CCNS(=O)(=O)c1ccc(C(=O)N(C)Cc2cnn(-c3ccccc3)c2)cc1. The van der Waals surface area contributed by atoms with E-state index in [4.69, 9.17) is 0 Å². The third kappa shape index (κ3) is 4.47. The van der Waals surface area contributed by atoms with E-state index < -0.39 is 10.0 Å². The molecule has 0 unspecified atom stereocenters. The second-order valence-corrected chi connectivity index (χ2v) is 8.08. The Morgan fingerprint density at radius 2 is 1.79 bits per heavy atom. The van der Waals surface area contributed by atoms with Crippen LogP contribution in [0, 0.1) is 0 Å². The van der Waals surface area contributed by atoms with Gasteiger partial charge in [-0.25, -0.2) is 17.8 Å². The van der Waals surface area contributed by atoms with Crippen LogP contribution in [0.4, 0.5) is 0 Å². The Morgan fingerprint density at radius 3 is 2.43 bits per heavy atom. The van der Waals surface area contributed by atoms with E-state index in [1.165, 1.54) is 24.3 Å². The van der Waals surface area contributed by atoms with E-state index in [1.807, 2.05) is 36.5 Å². The topological polar surface area (TPSA) is 84.3 Å². The normalized spacial score (nSPS) is 11.4. The first-order chi connectivity index (χ1) is 13.4. The third-order valence-electron chi connectivity index (χ3n) is 4.17. The Bertz CT molecular complexity index is 1040. The zero-order chi connectivity index (χ0) is 20.1. The fourth-order valence-electron chi connectivity index (χ4n) is 2.78. The number of benzene rings is 2. The Hall–Kier alpha value is -2.97. The molecule has 28 heavy (non-hydrogen) atoms. The molecular weight excluding hydrogens is 376 g/mol. The number of rotatable bonds is 7. The number of hydrogen-bond acceptors (Lipinski definition) is 4. The van der Waals surface area contributed by atoms with Crippen molar-refractivity contribution < 1.29 is 13.2 Å². The van der Waals surface area contributed by atoms with E-state index in [9.17, 15) is 13.2 Å². The van der Waals surface area contributed by atoms with Crippen molar-refractivity contribution in [1.82, 2.24) is 19.4 Å². The number of aromatic nitrogens is 2. The van der Waals surface area contributed by atoms with Crippen molar-refractivity contribution in [3.05, 3.63) is 78.1 Å². The molecule has 1 aromatic heterocycles. The molecule has 0 radical (unpaired) electrons. The lowest BCUT2D eigenvalue weighted by atomic mass is 10.2. The molecule has 0 aliphatic heterocycles. The first-order valence-electron chi connectivity index (χ1n) is 8.85. The maximum atomic E-state index is 12.6. The molecule has 1 heterocycles. The number of amides is 1. The van der Waals surface area contributed by atoms with E-state index in [0.29, 0.717) is 18.7 Å². The summed E-state index contributed by atoms with van der Waals surface area (Å²) in [6.07, 6.45) is 3.61. The zero-order valence-corrected chi connectivity index (χ0v) is 16.6. The summed E-state index contributed by atoms with van der Waals surface area (Å²) in [6, 6.07) is 15.6. The first kappa shape index (κ1) is 19.8. The van der Waals surface area contributed by atoms with Crippen molar-refractivity contribution in [2.45, 2.75) is 18.4 Å². The summed E-state index contributed by atoms with van der Waals surface area (Å²) in [6.45, 7) is 2.41. The van der Waals surface area contributed by atoms with Gasteiger partial charge in [-0.3, -0.25) is 4.79 Å². The van der Waals surface area contributed by atoms with E-state index in [2.05, 4.69) is 9.82 Å². The van der Waals surface area contributed by atoms with Crippen molar-refractivity contribution in [2.24, 2.45) is 0 Å². The van der Waals surface area contributed by atoms with Gasteiger partial charge in [0.25, 0.3) is 5.91 Å². The molecular formula is C20H22N4O3S. The molecule has 2 aromatic carbocycles. The average molecular weight is 398 g/mol. The van der Waals surface area contributed by atoms with Gasteiger partial charge in [0.2, 0.25) is 10.0 Å².